The standard InChI is InChI=1S/C17H19F3O2/c1-2-3-16(21)22-15-10-6-13(7-11-15)12-4-8-14(9-5-12)17(18,19)20/h2,4-5,8-9,13,15H,1,3,6-7,10-11H2. The largest absolute Gasteiger partial charge is 0.462 e. The molecule has 1 aliphatic rings. The average molecular weight is 312 g/mol. The number of esters is 1. The van der Waals surface area contributed by atoms with Gasteiger partial charge in [-0.2, -0.15) is 13.2 Å². The monoisotopic (exact) mass is 312 g/mol. The fraction of sp³-hybridized carbons (Fsp3) is 0.471. The van der Waals surface area contributed by atoms with Gasteiger partial charge in [0.05, 0.1) is 12.0 Å². The van der Waals surface area contributed by atoms with E-state index in [1.807, 2.05) is 0 Å². The van der Waals surface area contributed by atoms with E-state index in [2.05, 4.69) is 6.58 Å². The molecule has 1 fully saturated rings. The molecular weight excluding hydrogens is 293 g/mol. The first-order valence-corrected chi connectivity index (χ1v) is 7.37. The number of carbonyl (C=O) groups excluding carboxylic acids is 1. The Balaban J connectivity index is 1.89. The number of halogens is 3. The van der Waals surface area contributed by atoms with Crippen LogP contribution in [0.3, 0.4) is 0 Å². The summed E-state index contributed by atoms with van der Waals surface area (Å²) in [6, 6.07) is 5.37. The predicted octanol–water partition coefficient (Wildman–Crippen LogP) is 4.85. The fourth-order valence-corrected chi connectivity index (χ4v) is 2.81. The van der Waals surface area contributed by atoms with Crippen LogP contribution in [-0.4, -0.2) is 12.1 Å². The second kappa shape index (κ2) is 6.99. The van der Waals surface area contributed by atoms with Gasteiger partial charge in [0.15, 0.2) is 0 Å². The zero-order valence-corrected chi connectivity index (χ0v) is 12.2. The molecule has 1 aromatic rings. The molecule has 1 saturated carbocycles. The quantitative estimate of drug-likeness (QED) is 0.587. The molecule has 0 unspecified atom stereocenters. The molecule has 2 nitrogen and oxygen atoms in total. The van der Waals surface area contributed by atoms with Crippen LogP contribution in [0.25, 0.3) is 0 Å². The SMILES string of the molecule is C=CCC(=O)OC1CCC(c2ccc(C(F)(F)F)cc2)CC1. The number of benzene rings is 1. The highest BCUT2D eigenvalue weighted by molar-refractivity contribution is 5.71. The lowest BCUT2D eigenvalue weighted by Gasteiger charge is -2.28. The number of hydrogen-bond donors (Lipinski definition) is 0. The van der Waals surface area contributed by atoms with E-state index in [0.29, 0.717) is 0 Å². The fourth-order valence-electron chi connectivity index (χ4n) is 2.81. The molecule has 120 valence electrons. The highest BCUT2D eigenvalue weighted by atomic mass is 19.4. The van der Waals surface area contributed by atoms with Crippen LogP contribution in [0.2, 0.25) is 0 Å². The predicted molar refractivity (Wildman–Crippen MR) is 77.3 cm³/mol. The molecular formula is C17H19F3O2. The third-order valence-corrected chi connectivity index (χ3v) is 3.99. The third-order valence-electron chi connectivity index (χ3n) is 3.99. The maximum absolute atomic E-state index is 12.5. The Labute approximate surface area is 128 Å². The minimum absolute atomic E-state index is 0.0850. The lowest BCUT2D eigenvalue weighted by molar-refractivity contribution is -0.149. The third kappa shape index (κ3) is 4.36. The van der Waals surface area contributed by atoms with Gasteiger partial charge in [-0.25, -0.2) is 0 Å². The van der Waals surface area contributed by atoms with Crippen LogP contribution < -0.4 is 0 Å². The molecule has 0 radical (unpaired) electrons. The molecule has 22 heavy (non-hydrogen) atoms. The van der Waals surface area contributed by atoms with Crippen molar-refractivity contribution in [2.24, 2.45) is 0 Å². The van der Waals surface area contributed by atoms with Gasteiger partial charge >= 0.3 is 12.1 Å². The van der Waals surface area contributed by atoms with Crippen molar-refractivity contribution in [2.75, 3.05) is 0 Å². The van der Waals surface area contributed by atoms with E-state index in [1.165, 1.54) is 6.08 Å². The van der Waals surface area contributed by atoms with Crippen molar-refractivity contribution in [1.82, 2.24) is 0 Å². The normalized spacial score (nSPS) is 22.1. The first-order valence-electron chi connectivity index (χ1n) is 7.37. The van der Waals surface area contributed by atoms with Crippen molar-refractivity contribution in [2.45, 2.75) is 50.3 Å². The molecule has 0 spiro atoms. The lowest BCUT2D eigenvalue weighted by Crippen LogP contribution is -2.23. The molecule has 0 saturated heterocycles. The summed E-state index contributed by atoms with van der Waals surface area (Å²) in [6.45, 7) is 3.49. The second-order valence-corrected chi connectivity index (χ2v) is 5.58. The summed E-state index contributed by atoms with van der Waals surface area (Å²) in [7, 11) is 0. The van der Waals surface area contributed by atoms with Crippen molar-refractivity contribution in [3.63, 3.8) is 0 Å². The van der Waals surface area contributed by atoms with E-state index in [1.54, 1.807) is 12.1 Å². The molecule has 0 amide bonds. The number of ether oxygens (including phenoxy) is 1. The highest BCUT2D eigenvalue weighted by Gasteiger charge is 2.31. The molecule has 5 heteroatoms. The zero-order chi connectivity index (χ0) is 16.2. The number of alkyl halides is 3. The van der Waals surface area contributed by atoms with Gasteiger partial charge < -0.3 is 4.74 Å². The Bertz CT molecular complexity index is 512. The first kappa shape index (κ1) is 16.6. The molecule has 1 aliphatic carbocycles. The Hall–Kier alpha value is -1.78. The minimum atomic E-state index is -4.30. The van der Waals surface area contributed by atoms with Crippen molar-refractivity contribution >= 4 is 5.97 Å². The van der Waals surface area contributed by atoms with Crippen LogP contribution in [0.4, 0.5) is 13.2 Å². The topological polar surface area (TPSA) is 26.3 Å². The molecule has 0 N–H and O–H groups in total. The van der Waals surface area contributed by atoms with Gasteiger partial charge in [0.1, 0.15) is 6.10 Å². The Kier molecular flexibility index (Phi) is 5.27. The molecule has 0 aliphatic heterocycles. The van der Waals surface area contributed by atoms with Gasteiger partial charge in [-0.05, 0) is 49.3 Å². The average Bonchev–Trinajstić information content (AvgIpc) is 2.47. The Morgan fingerprint density at radius 1 is 1.18 bits per heavy atom. The van der Waals surface area contributed by atoms with Gasteiger partial charge in [0.25, 0.3) is 0 Å². The summed E-state index contributed by atoms with van der Waals surface area (Å²) in [5.41, 5.74) is 0.298. The van der Waals surface area contributed by atoms with Gasteiger partial charge in [-0.1, -0.05) is 18.2 Å². The van der Waals surface area contributed by atoms with Crippen LogP contribution >= 0.6 is 0 Å². The number of hydrogen-bond acceptors (Lipinski definition) is 2. The van der Waals surface area contributed by atoms with E-state index in [9.17, 15) is 18.0 Å². The number of rotatable bonds is 4. The van der Waals surface area contributed by atoms with E-state index >= 15 is 0 Å². The van der Waals surface area contributed by atoms with Gasteiger partial charge in [0, 0.05) is 0 Å². The van der Waals surface area contributed by atoms with Crippen LogP contribution in [0.5, 0.6) is 0 Å². The van der Waals surface area contributed by atoms with E-state index in [4.69, 9.17) is 4.74 Å². The first-order chi connectivity index (χ1) is 10.4. The van der Waals surface area contributed by atoms with Crippen LogP contribution in [-0.2, 0) is 15.7 Å². The van der Waals surface area contributed by atoms with Gasteiger partial charge in [-0.15, -0.1) is 6.58 Å². The zero-order valence-electron chi connectivity index (χ0n) is 12.2. The van der Waals surface area contributed by atoms with Crippen molar-refractivity contribution in [3.05, 3.63) is 48.0 Å². The molecule has 0 heterocycles. The van der Waals surface area contributed by atoms with E-state index < -0.39 is 11.7 Å². The van der Waals surface area contributed by atoms with Gasteiger partial charge in [-0.3, -0.25) is 4.79 Å². The molecule has 0 bridgehead atoms. The summed E-state index contributed by atoms with van der Waals surface area (Å²) in [5, 5.41) is 0. The van der Waals surface area contributed by atoms with Crippen molar-refractivity contribution in [3.8, 4) is 0 Å². The summed E-state index contributed by atoms with van der Waals surface area (Å²) in [5.74, 6) is -0.0374. The smallest absolute Gasteiger partial charge is 0.416 e. The summed E-state index contributed by atoms with van der Waals surface area (Å²) in [6.07, 6.45) is 0.459. The second-order valence-electron chi connectivity index (χ2n) is 5.58. The molecule has 0 aromatic heterocycles. The summed E-state index contributed by atoms with van der Waals surface area (Å²) in [4.78, 5) is 11.4. The van der Waals surface area contributed by atoms with Crippen molar-refractivity contribution < 1.29 is 22.7 Å². The van der Waals surface area contributed by atoms with E-state index in [-0.39, 0.29) is 24.4 Å². The highest BCUT2D eigenvalue weighted by Crippen LogP contribution is 2.36. The van der Waals surface area contributed by atoms with Crippen molar-refractivity contribution in [1.29, 1.82) is 0 Å². The summed E-state index contributed by atoms with van der Waals surface area (Å²) < 4.78 is 42.9. The minimum Gasteiger partial charge on any atom is -0.462 e. The van der Waals surface area contributed by atoms with Crippen LogP contribution in [0.15, 0.2) is 36.9 Å². The molecule has 0 atom stereocenters. The summed E-state index contributed by atoms with van der Waals surface area (Å²) >= 11 is 0. The number of carbonyl (C=O) groups is 1. The van der Waals surface area contributed by atoms with Gasteiger partial charge in [0.2, 0.25) is 0 Å². The maximum atomic E-state index is 12.5. The van der Waals surface area contributed by atoms with Crippen LogP contribution in [0.1, 0.15) is 49.1 Å². The Morgan fingerprint density at radius 3 is 2.27 bits per heavy atom. The van der Waals surface area contributed by atoms with Crippen LogP contribution in [0, 0.1) is 0 Å². The maximum Gasteiger partial charge on any atom is 0.416 e. The molecule has 2 rings (SSSR count). The Morgan fingerprint density at radius 2 is 1.77 bits per heavy atom. The molecule has 1 aromatic carbocycles. The van der Waals surface area contributed by atoms with E-state index in [0.717, 1.165) is 43.4 Å². The lowest BCUT2D eigenvalue weighted by atomic mass is 9.82.